The molecule has 5 heteroatoms. The Labute approximate surface area is 111 Å². The van der Waals surface area contributed by atoms with Gasteiger partial charge < -0.3 is 16.2 Å². The summed E-state index contributed by atoms with van der Waals surface area (Å²) in [6.45, 7) is 4.00. The summed E-state index contributed by atoms with van der Waals surface area (Å²) in [5.74, 6) is -0.591. The monoisotopic (exact) mass is 257 g/mol. The number of benzene rings is 1. The predicted octanol–water partition coefficient (Wildman–Crippen LogP) is 2.72. The lowest BCUT2D eigenvalue weighted by molar-refractivity contribution is 0.0696. The van der Waals surface area contributed by atoms with Gasteiger partial charge >= 0.3 is 5.97 Å². The number of aromatic nitrogens is 1. The highest BCUT2D eigenvalue weighted by Crippen LogP contribution is 2.23. The second-order valence-corrected chi connectivity index (χ2v) is 4.47. The Bertz CT molecular complexity index is 618. The number of hydrogen-bond acceptors (Lipinski definition) is 4. The van der Waals surface area contributed by atoms with Gasteiger partial charge in [-0.2, -0.15) is 0 Å². The largest absolute Gasteiger partial charge is 0.478 e. The molecule has 4 N–H and O–H groups in total. The normalized spacial score (nSPS) is 10.2. The van der Waals surface area contributed by atoms with E-state index in [9.17, 15) is 4.79 Å². The maximum absolute atomic E-state index is 10.8. The number of aryl methyl sites for hydroxylation is 2. The molecule has 0 saturated carbocycles. The number of carboxylic acids is 1. The quantitative estimate of drug-likeness (QED) is 0.786. The SMILES string of the molecule is Cc1cc(C)cc(Nc2ncc(C(=O)O)cc2N)c1. The van der Waals surface area contributed by atoms with Crippen LogP contribution in [0.4, 0.5) is 17.2 Å². The number of carbonyl (C=O) groups is 1. The minimum absolute atomic E-state index is 0.0727. The molecular weight excluding hydrogens is 242 g/mol. The molecule has 0 fully saturated rings. The van der Waals surface area contributed by atoms with Crippen LogP contribution < -0.4 is 11.1 Å². The molecule has 1 heterocycles. The van der Waals surface area contributed by atoms with Crippen LogP contribution in [-0.2, 0) is 0 Å². The Balaban J connectivity index is 2.30. The van der Waals surface area contributed by atoms with E-state index in [4.69, 9.17) is 10.8 Å². The number of nitrogens with two attached hydrogens (primary N) is 1. The molecule has 19 heavy (non-hydrogen) atoms. The van der Waals surface area contributed by atoms with Gasteiger partial charge in [0, 0.05) is 11.9 Å². The van der Waals surface area contributed by atoms with Crippen molar-refractivity contribution in [2.45, 2.75) is 13.8 Å². The minimum atomic E-state index is -1.04. The number of pyridine rings is 1. The van der Waals surface area contributed by atoms with Crippen molar-refractivity contribution in [1.29, 1.82) is 0 Å². The second-order valence-electron chi connectivity index (χ2n) is 4.47. The molecule has 5 nitrogen and oxygen atoms in total. The van der Waals surface area contributed by atoms with Crippen LogP contribution in [0.1, 0.15) is 21.5 Å². The van der Waals surface area contributed by atoms with Crippen LogP contribution in [0.3, 0.4) is 0 Å². The Morgan fingerprint density at radius 3 is 2.37 bits per heavy atom. The molecule has 0 saturated heterocycles. The molecule has 0 atom stereocenters. The van der Waals surface area contributed by atoms with Gasteiger partial charge in [0.1, 0.15) is 0 Å². The first-order valence-electron chi connectivity index (χ1n) is 5.80. The highest BCUT2D eigenvalue weighted by atomic mass is 16.4. The predicted molar refractivity (Wildman–Crippen MR) is 74.8 cm³/mol. The van der Waals surface area contributed by atoms with Crippen molar-refractivity contribution in [1.82, 2.24) is 4.98 Å². The lowest BCUT2D eigenvalue weighted by Crippen LogP contribution is -2.04. The number of nitrogen functional groups attached to an aromatic ring is 1. The Morgan fingerprint density at radius 1 is 1.21 bits per heavy atom. The van der Waals surface area contributed by atoms with Gasteiger partial charge in [0.15, 0.2) is 5.82 Å². The maximum atomic E-state index is 10.8. The van der Waals surface area contributed by atoms with Crippen LogP contribution in [0.2, 0.25) is 0 Å². The number of nitrogens with one attached hydrogen (secondary N) is 1. The van der Waals surface area contributed by atoms with E-state index in [-0.39, 0.29) is 5.56 Å². The molecule has 98 valence electrons. The highest BCUT2D eigenvalue weighted by molar-refractivity contribution is 5.89. The van der Waals surface area contributed by atoms with E-state index in [1.807, 2.05) is 26.0 Å². The fourth-order valence-electron chi connectivity index (χ4n) is 1.89. The molecule has 0 amide bonds. The number of nitrogens with zero attached hydrogens (tertiary/aromatic N) is 1. The maximum Gasteiger partial charge on any atom is 0.337 e. The second kappa shape index (κ2) is 4.97. The molecule has 0 bridgehead atoms. The van der Waals surface area contributed by atoms with Crippen LogP contribution in [-0.4, -0.2) is 16.1 Å². The molecule has 0 aliphatic rings. The number of hydrogen-bond donors (Lipinski definition) is 3. The zero-order valence-corrected chi connectivity index (χ0v) is 10.8. The third-order valence-electron chi connectivity index (χ3n) is 2.65. The fraction of sp³-hybridized carbons (Fsp3) is 0.143. The van der Waals surface area contributed by atoms with Crippen molar-refractivity contribution in [3.63, 3.8) is 0 Å². The molecule has 0 radical (unpaired) electrons. The molecule has 0 aliphatic carbocycles. The van der Waals surface area contributed by atoms with Crippen molar-refractivity contribution in [3.8, 4) is 0 Å². The topological polar surface area (TPSA) is 88.2 Å². The van der Waals surface area contributed by atoms with Crippen molar-refractivity contribution in [3.05, 3.63) is 47.2 Å². The Morgan fingerprint density at radius 2 is 1.84 bits per heavy atom. The Kier molecular flexibility index (Phi) is 3.37. The fourth-order valence-corrected chi connectivity index (χ4v) is 1.89. The first-order valence-corrected chi connectivity index (χ1v) is 5.80. The van der Waals surface area contributed by atoms with Gasteiger partial charge in [0.2, 0.25) is 0 Å². The van der Waals surface area contributed by atoms with Crippen LogP contribution in [0.5, 0.6) is 0 Å². The summed E-state index contributed by atoms with van der Waals surface area (Å²) >= 11 is 0. The summed E-state index contributed by atoms with van der Waals surface area (Å²) in [6, 6.07) is 7.40. The van der Waals surface area contributed by atoms with Crippen LogP contribution in [0.25, 0.3) is 0 Å². The summed E-state index contributed by atoms with van der Waals surface area (Å²) in [4.78, 5) is 14.8. The van der Waals surface area contributed by atoms with E-state index >= 15 is 0 Å². The zero-order valence-electron chi connectivity index (χ0n) is 10.8. The molecule has 1 aromatic carbocycles. The number of aromatic carboxylic acids is 1. The number of anilines is 3. The number of carboxylic acid groups (broad SMARTS) is 1. The smallest absolute Gasteiger partial charge is 0.337 e. The van der Waals surface area contributed by atoms with Crippen LogP contribution >= 0.6 is 0 Å². The van der Waals surface area contributed by atoms with Crippen LogP contribution in [0.15, 0.2) is 30.5 Å². The van der Waals surface area contributed by atoms with Crippen molar-refractivity contribution >= 4 is 23.2 Å². The van der Waals surface area contributed by atoms with E-state index in [1.54, 1.807) is 0 Å². The Hall–Kier alpha value is -2.56. The molecule has 2 rings (SSSR count). The van der Waals surface area contributed by atoms with E-state index in [1.165, 1.54) is 12.3 Å². The lowest BCUT2D eigenvalue weighted by atomic mass is 10.1. The molecule has 0 spiro atoms. The molecule has 1 aromatic heterocycles. The average molecular weight is 257 g/mol. The molecule has 0 aliphatic heterocycles. The van der Waals surface area contributed by atoms with E-state index in [2.05, 4.69) is 16.4 Å². The third kappa shape index (κ3) is 3.01. The van der Waals surface area contributed by atoms with Crippen LogP contribution in [0, 0.1) is 13.8 Å². The average Bonchev–Trinajstić information content (AvgIpc) is 2.30. The molecule has 0 unspecified atom stereocenters. The van der Waals surface area contributed by atoms with Crippen molar-refractivity contribution < 1.29 is 9.90 Å². The van der Waals surface area contributed by atoms with Gasteiger partial charge in [0.25, 0.3) is 0 Å². The standard InChI is InChI=1S/C14H15N3O2/c1-8-3-9(2)5-11(4-8)17-13-12(15)6-10(7-16-13)14(18)19/h3-7H,15H2,1-2H3,(H,16,17)(H,18,19). The summed E-state index contributed by atoms with van der Waals surface area (Å²) in [5.41, 5.74) is 9.30. The van der Waals surface area contributed by atoms with Crippen molar-refractivity contribution in [2.24, 2.45) is 0 Å². The number of rotatable bonds is 3. The molecular formula is C14H15N3O2. The first kappa shape index (κ1) is 12.9. The highest BCUT2D eigenvalue weighted by Gasteiger charge is 2.08. The van der Waals surface area contributed by atoms with E-state index < -0.39 is 5.97 Å². The molecule has 2 aromatic rings. The zero-order chi connectivity index (χ0) is 14.0. The summed E-state index contributed by atoms with van der Waals surface area (Å²) in [7, 11) is 0. The van der Waals surface area contributed by atoms with E-state index in [0.29, 0.717) is 11.5 Å². The van der Waals surface area contributed by atoms with Gasteiger partial charge in [-0.05, 0) is 43.2 Å². The first-order chi connectivity index (χ1) is 8.95. The van der Waals surface area contributed by atoms with Gasteiger partial charge in [0.05, 0.1) is 11.3 Å². The van der Waals surface area contributed by atoms with Gasteiger partial charge in [-0.15, -0.1) is 0 Å². The van der Waals surface area contributed by atoms with Gasteiger partial charge in [-0.1, -0.05) is 6.07 Å². The summed E-state index contributed by atoms with van der Waals surface area (Å²) in [5, 5.41) is 11.9. The lowest BCUT2D eigenvalue weighted by Gasteiger charge is -2.10. The third-order valence-corrected chi connectivity index (χ3v) is 2.65. The van der Waals surface area contributed by atoms with E-state index in [0.717, 1.165) is 16.8 Å². The summed E-state index contributed by atoms with van der Waals surface area (Å²) < 4.78 is 0. The van der Waals surface area contributed by atoms with Gasteiger partial charge in [-0.3, -0.25) is 0 Å². The minimum Gasteiger partial charge on any atom is -0.478 e. The van der Waals surface area contributed by atoms with Gasteiger partial charge in [-0.25, -0.2) is 9.78 Å². The van der Waals surface area contributed by atoms with Crippen molar-refractivity contribution in [2.75, 3.05) is 11.1 Å². The summed E-state index contributed by atoms with van der Waals surface area (Å²) in [6.07, 6.45) is 1.28.